The Kier molecular flexibility index (Phi) is 8.71. The molecule has 0 unspecified atom stereocenters. The van der Waals surface area contributed by atoms with Crippen molar-refractivity contribution in [3.63, 3.8) is 0 Å². The van der Waals surface area contributed by atoms with E-state index in [4.69, 9.17) is 4.99 Å². The van der Waals surface area contributed by atoms with Gasteiger partial charge in [0.15, 0.2) is 5.96 Å². The van der Waals surface area contributed by atoms with Crippen molar-refractivity contribution in [3.8, 4) is 0 Å². The van der Waals surface area contributed by atoms with Gasteiger partial charge in [0, 0.05) is 44.8 Å². The van der Waals surface area contributed by atoms with Crippen molar-refractivity contribution in [1.29, 1.82) is 0 Å². The SMILES string of the molecule is CCNC(=NCCN(CC1CC1)C1CC1)NC1CCN(c2cccs2)CC1.I. The molecule has 158 valence electrons. The number of piperidine rings is 1. The zero-order valence-electron chi connectivity index (χ0n) is 17.1. The van der Waals surface area contributed by atoms with Gasteiger partial charge < -0.3 is 15.5 Å². The van der Waals surface area contributed by atoms with E-state index in [1.165, 1.54) is 50.1 Å². The van der Waals surface area contributed by atoms with Crippen molar-refractivity contribution >= 4 is 46.3 Å². The minimum Gasteiger partial charge on any atom is -0.363 e. The summed E-state index contributed by atoms with van der Waals surface area (Å²) < 4.78 is 0. The molecule has 0 spiro atoms. The first-order valence-corrected chi connectivity index (χ1v) is 11.8. The van der Waals surface area contributed by atoms with Gasteiger partial charge in [-0.25, -0.2) is 0 Å². The number of aliphatic imine (C=N–C) groups is 1. The third kappa shape index (κ3) is 6.76. The predicted molar refractivity (Wildman–Crippen MR) is 131 cm³/mol. The number of nitrogens with one attached hydrogen (secondary N) is 2. The third-order valence-electron chi connectivity index (χ3n) is 5.91. The minimum atomic E-state index is 0. The van der Waals surface area contributed by atoms with Crippen LogP contribution in [0.5, 0.6) is 0 Å². The van der Waals surface area contributed by atoms with Gasteiger partial charge in [0.2, 0.25) is 0 Å². The lowest BCUT2D eigenvalue weighted by atomic mass is 10.1. The van der Waals surface area contributed by atoms with Gasteiger partial charge in [-0.1, -0.05) is 0 Å². The number of halogens is 1. The normalized spacial score (nSPS) is 20.9. The van der Waals surface area contributed by atoms with Crippen LogP contribution in [0.2, 0.25) is 0 Å². The molecule has 1 aliphatic heterocycles. The molecule has 0 atom stereocenters. The zero-order valence-corrected chi connectivity index (χ0v) is 20.3. The van der Waals surface area contributed by atoms with Crippen molar-refractivity contribution in [2.24, 2.45) is 10.9 Å². The second kappa shape index (κ2) is 11.0. The van der Waals surface area contributed by atoms with Crippen molar-refractivity contribution in [1.82, 2.24) is 15.5 Å². The van der Waals surface area contributed by atoms with Crippen LogP contribution in [-0.2, 0) is 0 Å². The lowest BCUT2D eigenvalue weighted by Crippen LogP contribution is -2.48. The highest BCUT2D eigenvalue weighted by Crippen LogP contribution is 2.34. The maximum absolute atomic E-state index is 4.90. The Balaban J connectivity index is 0.00000225. The van der Waals surface area contributed by atoms with Crippen molar-refractivity contribution in [2.45, 2.75) is 57.5 Å². The molecule has 5 nitrogen and oxygen atoms in total. The van der Waals surface area contributed by atoms with Crippen LogP contribution in [0.15, 0.2) is 22.5 Å². The molecule has 4 rings (SSSR count). The summed E-state index contributed by atoms with van der Waals surface area (Å²) in [4.78, 5) is 10.1. The summed E-state index contributed by atoms with van der Waals surface area (Å²) in [6.07, 6.45) is 8.05. The van der Waals surface area contributed by atoms with Crippen molar-refractivity contribution in [2.75, 3.05) is 44.2 Å². The van der Waals surface area contributed by atoms with Crippen molar-refractivity contribution in [3.05, 3.63) is 17.5 Å². The maximum atomic E-state index is 4.90. The van der Waals surface area contributed by atoms with Gasteiger partial charge in [-0.05, 0) is 68.9 Å². The predicted octanol–water partition coefficient (Wildman–Crippen LogP) is 3.76. The Morgan fingerprint density at radius 1 is 1.21 bits per heavy atom. The Bertz CT molecular complexity index is 592. The number of guanidine groups is 1. The molecule has 0 radical (unpaired) electrons. The van der Waals surface area contributed by atoms with Crippen LogP contribution in [0.25, 0.3) is 0 Å². The summed E-state index contributed by atoms with van der Waals surface area (Å²) in [5, 5.41) is 10.7. The molecule has 1 aromatic rings. The van der Waals surface area contributed by atoms with Gasteiger partial charge in [0.25, 0.3) is 0 Å². The molecule has 2 aliphatic carbocycles. The van der Waals surface area contributed by atoms with E-state index in [0.29, 0.717) is 6.04 Å². The zero-order chi connectivity index (χ0) is 18.5. The molecule has 7 heteroatoms. The van der Waals surface area contributed by atoms with Crippen molar-refractivity contribution < 1.29 is 0 Å². The molecule has 28 heavy (non-hydrogen) atoms. The molecule has 0 bridgehead atoms. The van der Waals surface area contributed by atoms with E-state index < -0.39 is 0 Å². The van der Waals surface area contributed by atoms with Crippen LogP contribution in [0.4, 0.5) is 5.00 Å². The lowest BCUT2D eigenvalue weighted by molar-refractivity contribution is 0.260. The fraction of sp³-hybridized carbons (Fsp3) is 0.762. The van der Waals surface area contributed by atoms with Crippen LogP contribution >= 0.6 is 35.3 Å². The van der Waals surface area contributed by atoms with E-state index in [-0.39, 0.29) is 24.0 Å². The van der Waals surface area contributed by atoms with E-state index in [1.54, 1.807) is 0 Å². The Labute approximate surface area is 191 Å². The van der Waals surface area contributed by atoms with E-state index >= 15 is 0 Å². The van der Waals surface area contributed by atoms with Gasteiger partial charge >= 0.3 is 0 Å². The summed E-state index contributed by atoms with van der Waals surface area (Å²) in [5.41, 5.74) is 0. The number of hydrogen-bond donors (Lipinski definition) is 2. The smallest absolute Gasteiger partial charge is 0.191 e. The van der Waals surface area contributed by atoms with Crippen LogP contribution < -0.4 is 15.5 Å². The van der Waals surface area contributed by atoms with E-state index in [9.17, 15) is 0 Å². The number of thiophene rings is 1. The van der Waals surface area contributed by atoms with Gasteiger partial charge in [-0.15, -0.1) is 35.3 Å². The number of nitrogens with zero attached hydrogens (tertiary/aromatic N) is 3. The standard InChI is InChI=1S/C21H35N5S.HI/c1-2-22-21(23-11-14-26(19-7-8-19)16-17-5-6-17)24-18-9-12-25(13-10-18)20-4-3-15-27-20;/h3-4,15,17-19H,2,5-14,16H2,1H3,(H2,22,23,24);1H. The molecule has 0 amide bonds. The van der Waals surface area contributed by atoms with E-state index in [1.807, 2.05) is 11.3 Å². The molecule has 2 heterocycles. The average Bonchev–Trinajstić information content (AvgIpc) is 3.61. The molecular formula is C21H36IN5S. The second-order valence-electron chi connectivity index (χ2n) is 8.29. The van der Waals surface area contributed by atoms with Crippen LogP contribution in [0.1, 0.15) is 45.4 Å². The van der Waals surface area contributed by atoms with Gasteiger partial charge in [0.05, 0.1) is 11.5 Å². The summed E-state index contributed by atoms with van der Waals surface area (Å²) in [6.45, 7) is 8.68. The Hall–Kier alpha value is -0.540. The molecule has 0 aromatic carbocycles. The molecule has 2 saturated carbocycles. The molecular weight excluding hydrogens is 481 g/mol. The summed E-state index contributed by atoms with van der Waals surface area (Å²) in [7, 11) is 0. The quantitative estimate of drug-likeness (QED) is 0.298. The highest BCUT2D eigenvalue weighted by Gasteiger charge is 2.33. The summed E-state index contributed by atoms with van der Waals surface area (Å²) >= 11 is 1.85. The molecule has 2 N–H and O–H groups in total. The van der Waals surface area contributed by atoms with Gasteiger partial charge in [0.1, 0.15) is 0 Å². The average molecular weight is 518 g/mol. The third-order valence-corrected chi connectivity index (χ3v) is 6.84. The first-order chi connectivity index (χ1) is 13.3. The highest BCUT2D eigenvalue weighted by molar-refractivity contribution is 14.0. The summed E-state index contributed by atoms with van der Waals surface area (Å²) in [5.74, 6) is 1.99. The first kappa shape index (κ1) is 22.2. The minimum absolute atomic E-state index is 0. The number of hydrogen-bond acceptors (Lipinski definition) is 4. The number of rotatable bonds is 9. The fourth-order valence-corrected chi connectivity index (χ4v) is 4.78. The molecule has 1 saturated heterocycles. The monoisotopic (exact) mass is 517 g/mol. The molecule has 1 aromatic heterocycles. The second-order valence-corrected chi connectivity index (χ2v) is 9.21. The van der Waals surface area contributed by atoms with E-state index in [2.05, 4.69) is 44.9 Å². The van der Waals surface area contributed by atoms with Crippen LogP contribution in [-0.4, -0.2) is 62.2 Å². The van der Waals surface area contributed by atoms with Crippen LogP contribution in [0.3, 0.4) is 0 Å². The summed E-state index contributed by atoms with van der Waals surface area (Å²) in [6, 6.07) is 5.77. The first-order valence-electron chi connectivity index (χ1n) is 10.9. The largest absolute Gasteiger partial charge is 0.363 e. The number of anilines is 1. The Morgan fingerprint density at radius 3 is 2.61 bits per heavy atom. The van der Waals surface area contributed by atoms with Gasteiger partial charge in [-0.3, -0.25) is 9.89 Å². The van der Waals surface area contributed by atoms with Gasteiger partial charge in [-0.2, -0.15) is 0 Å². The maximum Gasteiger partial charge on any atom is 0.191 e. The Morgan fingerprint density at radius 2 is 2.00 bits per heavy atom. The lowest BCUT2D eigenvalue weighted by Gasteiger charge is -2.33. The fourth-order valence-electron chi connectivity index (χ4n) is 3.99. The highest BCUT2D eigenvalue weighted by atomic mass is 127. The molecule has 3 fully saturated rings. The topological polar surface area (TPSA) is 42.9 Å². The van der Waals surface area contributed by atoms with E-state index in [0.717, 1.165) is 50.6 Å². The molecule has 3 aliphatic rings. The van der Waals surface area contributed by atoms with Crippen LogP contribution in [0, 0.1) is 5.92 Å².